The van der Waals surface area contributed by atoms with E-state index in [0.717, 1.165) is 43.2 Å². The van der Waals surface area contributed by atoms with Crippen LogP contribution in [0.4, 0.5) is 22.9 Å². The lowest BCUT2D eigenvalue weighted by Crippen LogP contribution is -2.23. The van der Waals surface area contributed by atoms with Gasteiger partial charge in [-0.2, -0.15) is 10.2 Å². The van der Waals surface area contributed by atoms with Crippen molar-refractivity contribution in [2.45, 2.75) is 13.1 Å². The summed E-state index contributed by atoms with van der Waals surface area (Å²) in [7, 11) is 2.94. The number of nitrogens with one attached hydrogen (secondary N) is 3. The monoisotopic (exact) mass is 1040 g/mol. The molecule has 7 N–H and O–H groups in total. The highest BCUT2D eigenvalue weighted by Gasteiger charge is 2.10. The highest BCUT2D eigenvalue weighted by Crippen LogP contribution is 2.18. The number of carbonyl (C=O) groups excluding carboxylic acids is 3. The van der Waals surface area contributed by atoms with Crippen molar-refractivity contribution in [1.29, 1.82) is 0 Å². The molecular weight excluding hydrogens is 1000 g/mol. The van der Waals surface area contributed by atoms with Crippen molar-refractivity contribution < 1.29 is 14.4 Å². The number of rotatable bonds is 10. The largest absolute Gasteiger partial charge is 0.399 e. The summed E-state index contributed by atoms with van der Waals surface area (Å²) >= 11 is 28.5. The minimum atomic E-state index is -0.638. The molecule has 70 heavy (non-hydrogen) atoms. The van der Waals surface area contributed by atoms with Crippen LogP contribution >= 0.6 is 58.0 Å². The number of hydrogen-bond donors (Lipinski definition) is 5. The van der Waals surface area contributed by atoms with Gasteiger partial charge >= 0.3 is 0 Å². The van der Waals surface area contributed by atoms with Gasteiger partial charge in [-0.3, -0.25) is 24.0 Å². The molecule has 8 aromatic rings. The second kappa shape index (κ2) is 28.6. The van der Waals surface area contributed by atoms with Crippen molar-refractivity contribution in [2.24, 2.45) is 19.8 Å². The average Bonchev–Trinajstić information content (AvgIpc) is 3.34. The second-order valence-electron chi connectivity index (χ2n) is 14.0. The number of nitrogens with two attached hydrogens (primary N) is 2. The molecule has 0 atom stereocenters. The Morgan fingerprint density at radius 1 is 0.586 bits per heavy atom. The average molecular weight is 1050 g/mol. The molecule has 5 aromatic heterocycles. The smallest absolute Gasteiger partial charge is 0.277 e. The third-order valence-electron chi connectivity index (χ3n) is 8.64. The maximum Gasteiger partial charge on any atom is 0.277 e. The molecule has 5 heterocycles. The molecule has 0 spiro atoms. The molecule has 0 unspecified atom stereocenters. The summed E-state index contributed by atoms with van der Waals surface area (Å²) in [5, 5.41) is 19.6. The first-order valence-corrected chi connectivity index (χ1v) is 22.2. The number of aldehydes is 1. The summed E-state index contributed by atoms with van der Waals surface area (Å²) in [6, 6.07) is 37.8. The predicted molar refractivity (Wildman–Crippen MR) is 277 cm³/mol. The topological polar surface area (TPSA) is 248 Å². The van der Waals surface area contributed by atoms with Crippen molar-refractivity contribution in [3.05, 3.63) is 226 Å². The molecule has 0 aliphatic rings. The number of anilines is 4. The molecule has 0 fully saturated rings. The van der Waals surface area contributed by atoms with Gasteiger partial charge in [0.15, 0.2) is 6.29 Å². The molecule has 0 radical (unpaired) electrons. The molecule has 8 rings (SSSR count). The van der Waals surface area contributed by atoms with Gasteiger partial charge in [0.25, 0.3) is 22.9 Å². The number of primary amides is 1. The number of nitrogens with zero attached hydrogens (tertiary/aromatic N) is 7. The van der Waals surface area contributed by atoms with Gasteiger partial charge in [-0.05, 0) is 102 Å². The Hall–Kier alpha value is -7.67. The fraction of sp³-hybridized carbons (Fsp3) is 0.0833. The quantitative estimate of drug-likeness (QED) is 0.0488. The van der Waals surface area contributed by atoms with Crippen LogP contribution in [0.15, 0.2) is 162 Å². The Bertz CT molecular complexity index is 3070. The number of carbonyl (C=O) groups is 3. The Morgan fingerprint density at radius 3 is 1.49 bits per heavy atom. The summed E-state index contributed by atoms with van der Waals surface area (Å²) in [5.74, 6) is -0.671. The number of pyridine rings is 3. The van der Waals surface area contributed by atoms with E-state index in [9.17, 15) is 24.0 Å². The molecular formula is C48H43Cl5N12O5. The first-order chi connectivity index (χ1) is 33.5. The van der Waals surface area contributed by atoms with Crippen LogP contribution in [0.2, 0.25) is 25.4 Å². The van der Waals surface area contributed by atoms with E-state index in [0.29, 0.717) is 50.5 Å². The van der Waals surface area contributed by atoms with E-state index in [2.05, 4.69) is 41.1 Å². The maximum atomic E-state index is 12.2. The van der Waals surface area contributed by atoms with E-state index < -0.39 is 11.8 Å². The number of nitrogen functional groups attached to an aromatic ring is 1. The standard InChI is InChI=1S/C18H16ClN5O2.C12H10Cl2N2.C6H4ClNO.C6H6ClN.C6H7N3O2/c1-24-17(25)8-6-15(23-24)18(26)22-16-7-5-12(11-21-16)10-20-14-4-2-3-13(19)9-14;13-10-2-1-3-11(6-10)15-7-9-4-5-12(14)16-8-9;7-6-2-1-5(4-9)3-8-6;7-5-2-1-3-6(8)4-5;1-9-5(10)3-2-4(8-9)6(7)11/h2-9,11,20H,10H2,1H3,(H,21,22,26);1-6,8,15H,7H2;1-4H;1-4H,8H2;2-3H,1H3,(H2,7,11). The zero-order valence-corrected chi connectivity index (χ0v) is 40.9. The number of aromatic nitrogens is 7. The Balaban J connectivity index is 0.000000206. The zero-order chi connectivity index (χ0) is 51.0. The van der Waals surface area contributed by atoms with E-state index in [4.69, 9.17) is 69.5 Å². The molecule has 0 aliphatic heterocycles. The zero-order valence-electron chi connectivity index (χ0n) is 37.1. The number of amides is 2. The van der Waals surface area contributed by atoms with Gasteiger partial charge in [0.2, 0.25) is 0 Å². The third kappa shape index (κ3) is 20.3. The number of halogens is 5. The summed E-state index contributed by atoms with van der Waals surface area (Å²) in [4.78, 5) is 66.7. The van der Waals surface area contributed by atoms with Crippen LogP contribution in [-0.4, -0.2) is 52.6 Å². The van der Waals surface area contributed by atoms with E-state index >= 15 is 0 Å². The maximum absolute atomic E-state index is 12.2. The lowest BCUT2D eigenvalue weighted by atomic mass is 10.2. The van der Waals surface area contributed by atoms with Crippen LogP contribution in [0.1, 0.15) is 42.5 Å². The number of hydrogen-bond acceptors (Lipinski definition) is 13. The Labute approximate surface area is 426 Å². The summed E-state index contributed by atoms with van der Waals surface area (Å²) in [5.41, 5.74) is 15.1. The van der Waals surface area contributed by atoms with Crippen molar-refractivity contribution in [2.75, 3.05) is 21.7 Å². The second-order valence-corrected chi connectivity index (χ2v) is 16.1. The number of benzene rings is 3. The van der Waals surface area contributed by atoms with E-state index in [1.165, 1.54) is 44.6 Å². The van der Waals surface area contributed by atoms with Crippen molar-refractivity contribution >= 4 is 99.0 Å². The third-order valence-corrected chi connectivity index (χ3v) is 9.79. The van der Waals surface area contributed by atoms with Gasteiger partial charge in [-0.15, -0.1) is 0 Å². The summed E-state index contributed by atoms with van der Waals surface area (Å²) in [6.45, 7) is 1.27. The minimum absolute atomic E-state index is 0.0899. The van der Waals surface area contributed by atoms with Gasteiger partial charge in [-0.1, -0.05) is 88.3 Å². The minimum Gasteiger partial charge on any atom is -0.399 e. The molecule has 0 saturated carbocycles. The molecule has 0 aliphatic carbocycles. The van der Waals surface area contributed by atoms with Crippen molar-refractivity contribution in [3.8, 4) is 0 Å². The van der Waals surface area contributed by atoms with E-state index in [-0.39, 0.29) is 22.5 Å². The lowest BCUT2D eigenvalue weighted by Gasteiger charge is -2.08. The highest BCUT2D eigenvalue weighted by molar-refractivity contribution is 6.31. The van der Waals surface area contributed by atoms with Crippen LogP contribution in [0.5, 0.6) is 0 Å². The number of aryl methyl sites for hydroxylation is 2. The molecule has 3 aromatic carbocycles. The van der Waals surface area contributed by atoms with Gasteiger partial charge < -0.3 is 27.4 Å². The lowest BCUT2D eigenvalue weighted by molar-refractivity contribution is 0.0990. The summed E-state index contributed by atoms with van der Waals surface area (Å²) in [6.07, 6.45) is 5.57. The summed E-state index contributed by atoms with van der Waals surface area (Å²) < 4.78 is 2.16. The van der Waals surface area contributed by atoms with Crippen LogP contribution < -0.4 is 38.5 Å². The first-order valence-electron chi connectivity index (χ1n) is 20.3. The molecule has 17 nitrogen and oxygen atoms in total. The molecule has 360 valence electrons. The first kappa shape index (κ1) is 54.9. The Morgan fingerprint density at radius 2 is 1.07 bits per heavy atom. The molecule has 2 amide bonds. The van der Waals surface area contributed by atoms with Crippen LogP contribution in [-0.2, 0) is 27.2 Å². The van der Waals surface area contributed by atoms with Gasteiger partial charge in [-0.25, -0.2) is 24.3 Å². The van der Waals surface area contributed by atoms with Crippen molar-refractivity contribution in [1.82, 2.24) is 34.5 Å². The fourth-order valence-corrected chi connectivity index (χ4v) is 5.92. The van der Waals surface area contributed by atoms with Crippen molar-refractivity contribution in [3.63, 3.8) is 0 Å². The molecule has 22 heteroatoms. The Kier molecular flexibility index (Phi) is 22.5. The normalized spacial score (nSPS) is 9.87. The van der Waals surface area contributed by atoms with Crippen LogP contribution in [0.25, 0.3) is 0 Å². The van der Waals surface area contributed by atoms with Gasteiger partial charge in [0.05, 0.1) is 0 Å². The van der Waals surface area contributed by atoms with E-state index in [1.54, 1.807) is 54.9 Å². The predicted octanol–water partition coefficient (Wildman–Crippen LogP) is 9.04. The fourth-order valence-electron chi connectivity index (χ4n) is 5.12. The molecule has 0 bridgehead atoms. The van der Waals surface area contributed by atoms with Crippen LogP contribution in [0, 0.1) is 0 Å². The van der Waals surface area contributed by atoms with Gasteiger partial charge in [0, 0.05) is 95.6 Å². The van der Waals surface area contributed by atoms with Gasteiger partial charge in [0.1, 0.15) is 27.5 Å². The highest BCUT2D eigenvalue weighted by atomic mass is 35.5. The van der Waals surface area contributed by atoms with E-state index in [1.807, 2.05) is 66.7 Å². The molecule has 0 saturated heterocycles. The van der Waals surface area contributed by atoms with Crippen LogP contribution in [0.3, 0.4) is 0 Å². The SMILES string of the molecule is Clc1cccc(NCc2ccc(Cl)nc2)c1.Cn1nc(C(=O)Nc2ccc(CNc3cccc(Cl)c3)cn2)ccc1=O.Cn1nc(C(N)=O)ccc1=O.Nc1cccc(Cl)c1.O=Cc1ccc(Cl)nc1.